The van der Waals surface area contributed by atoms with Crippen molar-refractivity contribution in [3.8, 4) is 0 Å². The first kappa shape index (κ1) is 22.1. The average molecular weight is 448 g/mol. The maximum atomic E-state index is 13.5. The maximum absolute atomic E-state index is 13.5. The van der Waals surface area contributed by atoms with E-state index in [4.69, 9.17) is 17.3 Å². The lowest BCUT2D eigenvalue weighted by molar-refractivity contribution is -0.117. The van der Waals surface area contributed by atoms with Gasteiger partial charge in [0.05, 0.1) is 6.04 Å². The van der Waals surface area contributed by atoms with Gasteiger partial charge in [-0.2, -0.15) is 0 Å². The molecule has 2 N–H and O–H groups in total. The van der Waals surface area contributed by atoms with E-state index in [0.717, 1.165) is 22.5 Å². The molecule has 0 spiro atoms. The first-order valence-corrected chi connectivity index (χ1v) is 11.1. The van der Waals surface area contributed by atoms with Gasteiger partial charge in [-0.3, -0.25) is 9.59 Å². The van der Waals surface area contributed by atoms with Gasteiger partial charge < -0.3 is 15.5 Å². The maximum Gasteiger partial charge on any atom is 0.258 e. The summed E-state index contributed by atoms with van der Waals surface area (Å²) in [5.74, 6) is -0.121. The first-order chi connectivity index (χ1) is 15.4. The number of carbonyl (C=O) groups excluding carboxylic acids is 2. The van der Waals surface area contributed by atoms with E-state index in [9.17, 15) is 9.59 Å². The van der Waals surface area contributed by atoms with Gasteiger partial charge in [-0.15, -0.1) is 0 Å². The van der Waals surface area contributed by atoms with Gasteiger partial charge in [0.25, 0.3) is 5.91 Å². The van der Waals surface area contributed by atoms with Crippen LogP contribution in [0.3, 0.4) is 0 Å². The lowest BCUT2D eigenvalue weighted by Crippen LogP contribution is -2.47. The molecule has 1 aliphatic heterocycles. The van der Waals surface area contributed by atoms with Gasteiger partial charge in [0.1, 0.15) is 0 Å². The number of hydrogen-bond acceptors (Lipinski definition) is 3. The van der Waals surface area contributed by atoms with Crippen LogP contribution in [0.25, 0.3) is 0 Å². The second-order valence-electron chi connectivity index (χ2n) is 8.10. The van der Waals surface area contributed by atoms with Crippen molar-refractivity contribution in [1.82, 2.24) is 0 Å². The molecule has 0 bridgehead atoms. The van der Waals surface area contributed by atoms with Gasteiger partial charge in [0.2, 0.25) is 5.91 Å². The Kier molecular flexibility index (Phi) is 6.31. The molecule has 4 rings (SSSR count). The minimum Gasteiger partial charge on any atom is -0.326 e. The monoisotopic (exact) mass is 447 g/mol. The van der Waals surface area contributed by atoms with Gasteiger partial charge in [-0.1, -0.05) is 41.9 Å². The highest BCUT2D eigenvalue weighted by Gasteiger charge is 2.38. The average Bonchev–Trinajstić information content (AvgIpc) is 2.80. The third-order valence-corrected chi connectivity index (χ3v) is 6.22. The summed E-state index contributed by atoms with van der Waals surface area (Å²) in [5.41, 5.74) is 9.84. The number of para-hydroxylation sites is 1. The molecule has 5 nitrogen and oxygen atoms in total. The number of halogens is 1. The number of fused-ring (bicyclic) bond motifs is 1. The third kappa shape index (κ3) is 4.14. The molecule has 0 aliphatic carbocycles. The molecule has 0 saturated carbocycles. The Morgan fingerprint density at radius 1 is 1.03 bits per heavy atom. The fraction of sp³-hybridized carbons (Fsp3) is 0.231. The van der Waals surface area contributed by atoms with Crippen LogP contribution >= 0.6 is 11.6 Å². The smallest absolute Gasteiger partial charge is 0.258 e. The fourth-order valence-electron chi connectivity index (χ4n) is 4.44. The van der Waals surface area contributed by atoms with Crippen molar-refractivity contribution in [3.05, 3.63) is 94.5 Å². The number of benzene rings is 3. The molecule has 0 aromatic heterocycles. The second kappa shape index (κ2) is 9.15. The molecule has 2 amide bonds. The Bertz CT molecular complexity index is 1130. The highest BCUT2D eigenvalue weighted by atomic mass is 35.5. The molecule has 6 heteroatoms. The van der Waals surface area contributed by atoms with Crippen molar-refractivity contribution in [2.45, 2.75) is 38.9 Å². The molecular weight excluding hydrogens is 422 g/mol. The van der Waals surface area contributed by atoms with Crippen LogP contribution in [-0.4, -0.2) is 17.9 Å². The van der Waals surface area contributed by atoms with Crippen molar-refractivity contribution in [2.75, 3.05) is 9.80 Å². The lowest BCUT2D eigenvalue weighted by Gasteiger charge is -2.43. The molecule has 164 valence electrons. The molecule has 1 aliphatic rings. The number of hydrogen-bond donors (Lipinski definition) is 1. The molecule has 32 heavy (non-hydrogen) atoms. The zero-order valence-corrected chi connectivity index (χ0v) is 18.9. The number of nitrogens with two attached hydrogens (primary N) is 1. The van der Waals surface area contributed by atoms with Crippen LogP contribution in [0.2, 0.25) is 5.02 Å². The molecule has 0 saturated heterocycles. The summed E-state index contributed by atoms with van der Waals surface area (Å²) in [4.78, 5) is 29.9. The second-order valence-corrected chi connectivity index (χ2v) is 8.54. The van der Waals surface area contributed by atoms with Crippen molar-refractivity contribution >= 4 is 34.8 Å². The highest BCUT2D eigenvalue weighted by molar-refractivity contribution is 6.30. The zero-order valence-electron chi connectivity index (χ0n) is 18.2. The molecule has 0 radical (unpaired) electrons. The van der Waals surface area contributed by atoms with E-state index >= 15 is 0 Å². The zero-order chi connectivity index (χ0) is 22.8. The Balaban J connectivity index is 1.75. The standard InChI is InChI=1S/C26H26ClN3O2/c1-17-15-25(30(18(2)31)22-13-11-21(27)12-14-22)23-5-3-4-6-24(23)29(17)26(32)20-9-7-19(16-28)8-10-20/h3-14,17,25H,15-16,28H2,1-2H3/t17-,25+/m0/s1. The normalized spacial score (nSPS) is 17.6. The number of rotatable bonds is 4. The Labute approximate surface area is 193 Å². The van der Waals surface area contributed by atoms with Crippen LogP contribution in [0.4, 0.5) is 11.4 Å². The molecule has 2 atom stereocenters. The van der Waals surface area contributed by atoms with Crippen molar-refractivity contribution in [2.24, 2.45) is 5.73 Å². The van der Waals surface area contributed by atoms with Crippen molar-refractivity contribution in [1.29, 1.82) is 0 Å². The SMILES string of the molecule is CC(=O)N(c1ccc(Cl)cc1)[C@@H]1C[C@H](C)N(C(=O)c2ccc(CN)cc2)c2ccccc21. The predicted octanol–water partition coefficient (Wildman–Crippen LogP) is 5.33. The van der Waals surface area contributed by atoms with Crippen LogP contribution in [0.5, 0.6) is 0 Å². The molecule has 0 fully saturated rings. The van der Waals surface area contributed by atoms with Crippen LogP contribution in [0.15, 0.2) is 72.8 Å². The van der Waals surface area contributed by atoms with E-state index in [1.165, 1.54) is 0 Å². The first-order valence-electron chi connectivity index (χ1n) is 10.7. The topological polar surface area (TPSA) is 66.6 Å². The Hall–Kier alpha value is -3.15. The summed E-state index contributed by atoms with van der Waals surface area (Å²) in [6.45, 7) is 4.03. The number of anilines is 2. The van der Waals surface area contributed by atoms with E-state index in [-0.39, 0.29) is 23.9 Å². The minimum atomic E-state index is -0.191. The van der Waals surface area contributed by atoms with Gasteiger partial charge in [0, 0.05) is 41.5 Å². The van der Waals surface area contributed by atoms with E-state index in [0.29, 0.717) is 23.6 Å². The molecule has 0 unspecified atom stereocenters. The summed E-state index contributed by atoms with van der Waals surface area (Å²) in [6.07, 6.45) is 0.617. The van der Waals surface area contributed by atoms with Crippen molar-refractivity contribution < 1.29 is 9.59 Å². The minimum absolute atomic E-state index is 0.0588. The van der Waals surface area contributed by atoms with Crippen LogP contribution in [0.1, 0.15) is 47.8 Å². The fourth-order valence-corrected chi connectivity index (χ4v) is 4.57. The van der Waals surface area contributed by atoms with E-state index in [1.54, 1.807) is 24.0 Å². The van der Waals surface area contributed by atoms with Gasteiger partial charge in [-0.25, -0.2) is 0 Å². The predicted molar refractivity (Wildman–Crippen MR) is 129 cm³/mol. The number of carbonyl (C=O) groups is 2. The Morgan fingerprint density at radius 2 is 1.69 bits per heavy atom. The molecule has 1 heterocycles. The van der Waals surface area contributed by atoms with Gasteiger partial charge in [0.15, 0.2) is 0 Å². The molecule has 3 aromatic carbocycles. The van der Waals surface area contributed by atoms with E-state index < -0.39 is 0 Å². The Morgan fingerprint density at radius 3 is 2.31 bits per heavy atom. The summed E-state index contributed by atoms with van der Waals surface area (Å²) in [6, 6.07) is 22.2. The van der Waals surface area contributed by atoms with Gasteiger partial charge in [-0.05, 0) is 66.9 Å². The summed E-state index contributed by atoms with van der Waals surface area (Å²) in [7, 11) is 0. The summed E-state index contributed by atoms with van der Waals surface area (Å²) in [5, 5.41) is 0.618. The summed E-state index contributed by atoms with van der Waals surface area (Å²) >= 11 is 6.06. The van der Waals surface area contributed by atoms with Gasteiger partial charge >= 0.3 is 0 Å². The third-order valence-electron chi connectivity index (χ3n) is 5.97. The largest absolute Gasteiger partial charge is 0.326 e. The quantitative estimate of drug-likeness (QED) is 0.587. The van der Waals surface area contributed by atoms with E-state index in [1.807, 2.05) is 72.5 Å². The number of amides is 2. The number of nitrogens with zero attached hydrogens (tertiary/aromatic N) is 2. The van der Waals surface area contributed by atoms with Crippen LogP contribution in [-0.2, 0) is 11.3 Å². The van der Waals surface area contributed by atoms with E-state index in [2.05, 4.69) is 0 Å². The highest BCUT2D eigenvalue weighted by Crippen LogP contribution is 2.42. The van der Waals surface area contributed by atoms with Crippen LogP contribution < -0.4 is 15.5 Å². The lowest BCUT2D eigenvalue weighted by atomic mass is 9.89. The van der Waals surface area contributed by atoms with Crippen molar-refractivity contribution in [3.63, 3.8) is 0 Å². The molecule has 3 aromatic rings. The summed E-state index contributed by atoms with van der Waals surface area (Å²) < 4.78 is 0. The van der Waals surface area contributed by atoms with Crippen LogP contribution in [0, 0.1) is 0 Å². The molecular formula is C26H26ClN3O2.